The van der Waals surface area contributed by atoms with Crippen LogP contribution in [0.25, 0.3) is 0 Å². The molecule has 0 atom stereocenters. The number of rotatable bonds is 3. The molecule has 5 nitrogen and oxygen atoms in total. The third-order valence-electron chi connectivity index (χ3n) is 1.67. The lowest BCUT2D eigenvalue weighted by Gasteiger charge is -2.32. The van der Waals surface area contributed by atoms with Gasteiger partial charge in [0.1, 0.15) is 0 Å². The summed E-state index contributed by atoms with van der Waals surface area (Å²) in [4.78, 5) is 10.3. The van der Waals surface area contributed by atoms with Crippen LogP contribution in [0.2, 0.25) is 0 Å². The van der Waals surface area contributed by atoms with E-state index >= 15 is 0 Å². The Kier molecular flexibility index (Phi) is 4.71. The smallest absolute Gasteiger partial charge is 0.419 e. The predicted octanol–water partition coefficient (Wildman–Crippen LogP) is 0.713. The first-order valence-corrected chi connectivity index (χ1v) is 6.44. The van der Waals surface area contributed by atoms with E-state index in [4.69, 9.17) is 5.11 Å². The molecule has 1 saturated heterocycles. The van der Waals surface area contributed by atoms with Crippen LogP contribution < -0.4 is 5.43 Å². The zero-order chi connectivity index (χ0) is 9.68. The molecule has 76 valence electrons. The maximum Gasteiger partial charge on any atom is 0.419 e. The van der Waals surface area contributed by atoms with Gasteiger partial charge in [0, 0.05) is 26.2 Å². The third kappa shape index (κ3) is 4.08. The first kappa shape index (κ1) is 11.0. The Labute approximate surface area is 85.3 Å². The fourth-order valence-electron chi connectivity index (χ4n) is 1.12. The third-order valence-corrected chi connectivity index (χ3v) is 3.48. The number of amides is 1. The second-order valence-electron chi connectivity index (χ2n) is 2.57. The van der Waals surface area contributed by atoms with E-state index in [1.165, 1.54) is 0 Å². The Hall–Kier alpha value is -0.110. The lowest BCUT2D eigenvalue weighted by Crippen LogP contribution is -2.51. The molecule has 1 fully saturated rings. The highest BCUT2D eigenvalue weighted by molar-refractivity contribution is 8.75. The van der Waals surface area contributed by atoms with E-state index in [1.807, 2.05) is 6.26 Å². The van der Waals surface area contributed by atoms with E-state index < -0.39 is 6.09 Å². The van der Waals surface area contributed by atoms with Crippen LogP contribution in [-0.2, 0) is 0 Å². The summed E-state index contributed by atoms with van der Waals surface area (Å²) in [6.07, 6.45) is 1.05. The first-order valence-electron chi connectivity index (χ1n) is 3.92. The minimum atomic E-state index is -0.981. The quantitative estimate of drug-likeness (QED) is 0.543. The van der Waals surface area contributed by atoms with E-state index in [9.17, 15) is 4.79 Å². The first-order chi connectivity index (χ1) is 6.22. The van der Waals surface area contributed by atoms with Crippen LogP contribution in [0.5, 0.6) is 0 Å². The Morgan fingerprint density at radius 1 is 1.38 bits per heavy atom. The number of hydrogen-bond acceptors (Lipinski definition) is 5. The number of piperazine rings is 1. The van der Waals surface area contributed by atoms with Gasteiger partial charge in [0.2, 0.25) is 0 Å². The lowest BCUT2D eigenvalue weighted by molar-refractivity contribution is 0.114. The van der Waals surface area contributed by atoms with Gasteiger partial charge in [-0.1, -0.05) is 10.8 Å². The second kappa shape index (κ2) is 5.58. The summed E-state index contributed by atoms with van der Waals surface area (Å²) < 4.78 is 2.23. The van der Waals surface area contributed by atoms with Gasteiger partial charge >= 0.3 is 6.09 Å². The maximum absolute atomic E-state index is 10.3. The summed E-state index contributed by atoms with van der Waals surface area (Å²) in [6, 6.07) is 0. The fourth-order valence-corrected chi connectivity index (χ4v) is 2.72. The van der Waals surface area contributed by atoms with Gasteiger partial charge in [-0.25, -0.2) is 14.1 Å². The molecular weight excluding hydrogens is 210 g/mol. The second-order valence-corrected chi connectivity index (χ2v) is 5.02. The molecular formula is C6H13N3O2S2. The van der Waals surface area contributed by atoms with Crippen LogP contribution in [0.3, 0.4) is 0 Å². The predicted molar refractivity (Wildman–Crippen MR) is 55.4 cm³/mol. The standard InChI is InChI=1S/C6H13N3O2S2/c1-12-13-9-4-2-8(3-5-9)7-6(10)11/h7H,2-5H2,1H3,(H,10,11). The summed E-state index contributed by atoms with van der Waals surface area (Å²) in [5.74, 6) is 0. The van der Waals surface area contributed by atoms with Gasteiger partial charge in [-0.2, -0.15) is 0 Å². The summed E-state index contributed by atoms with van der Waals surface area (Å²) in [5.41, 5.74) is 2.35. The van der Waals surface area contributed by atoms with Crippen LogP contribution in [0.15, 0.2) is 0 Å². The maximum atomic E-state index is 10.3. The highest BCUT2D eigenvalue weighted by Gasteiger charge is 2.17. The monoisotopic (exact) mass is 223 g/mol. The fraction of sp³-hybridized carbons (Fsp3) is 0.833. The topological polar surface area (TPSA) is 55.8 Å². The van der Waals surface area contributed by atoms with Crippen LogP contribution in [-0.4, -0.2) is 52.9 Å². The van der Waals surface area contributed by atoms with Gasteiger partial charge in [-0.3, -0.25) is 5.43 Å². The van der Waals surface area contributed by atoms with Gasteiger partial charge in [-0.15, -0.1) is 0 Å². The molecule has 0 aliphatic carbocycles. The molecule has 0 aromatic carbocycles. The van der Waals surface area contributed by atoms with Crippen LogP contribution >= 0.6 is 21.8 Å². The van der Waals surface area contributed by atoms with Gasteiger partial charge in [-0.05, 0) is 17.2 Å². The van der Waals surface area contributed by atoms with Gasteiger partial charge in [0.15, 0.2) is 0 Å². The molecule has 2 N–H and O–H groups in total. The molecule has 13 heavy (non-hydrogen) atoms. The number of hydrazine groups is 1. The van der Waals surface area contributed by atoms with Crippen molar-refractivity contribution in [3.05, 3.63) is 0 Å². The molecule has 1 rings (SSSR count). The molecule has 1 amide bonds. The molecule has 1 aliphatic rings. The van der Waals surface area contributed by atoms with Crippen molar-refractivity contribution in [3.8, 4) is 0 Å². The number of carbonyl (C=O) groups is 1. The van der Waals surface area contributed by atoms with Crippen LogP contribution in [0, 0.1) is 0 Å². The summed E-state index contributed by atoms with van der Waals surface area (Å²) in [6.45, 7) is 3.29. The minimum absolute atomic E-state index is 0.750. The number of nitrogens with zero attached hydrogens (tertiary/aromatic N) is 2. The summed E-state index contributed by atoms with van der Waals surface area (Å²) >= 11 is 0. The number of carboxylic acid groups (broad SMARTS) is 1. The molecule has 1 aliphatic heterocycles. The van der Waals surface area contributed by atoms with E-state index in [2.05, 4.69) is 9.73 Å². The van der Waals surface area contributed by atoms with E-state index in [0.717, 1.165) is 26.2 Å². The minimum Gasteiger partial charge on any atom is -0.464 e. The molecule has 0 unspecified atom stereocenters. The Balaban J connectivity index is 2.18. The molecule has 0 aromatic heterocycles. The molecule has 0 bridgehead atoms. The average molecular weight is 223 g/mol. The molecule has 0 saturated carbocycles. The molecule has 0 aromatic rings. The highest BCUT2D eigenvalue weighted by atomic mass is 33.1. The molecule has 7 heteroatoms. The SMILES string of the molecule is CSSN1CCN(NC(=O)O)CC1. The molecule has 0 radical (unpaired) electrons. The van der Waals surface area contributed by atoms with Crippen molar-refractivity contribution >= 4 is 27.9 Å². The van der Waals surface area contributed by atoms with Crippen molar-refractivity contribution < 1.29 is 9.90 Å². The number of hydrogen-bond donors (Lipinski definition) is 2. The van der Waals surface area contributed by atoms with Crippen molar-refractivity contribution in [2.75, 3.05) is 32.4 Å². The van der Waals surface area contributed by atoms with Gasteiger partial charge in [0.25, 0.3) is 0 Å². The average Bonchev–Trinajstić information content (AvgIpc) is 2.08. The Bertz CT molecular complexity index is 173. The van der Waals surface area contributed by atoms with Gasteiger partial charge < -0.3 is 5.11 Å². The van der Waals surface area contributed by atoms with Crippen molar-refractivity contribution in [3.63, 3.8) is 0 Å². The highest BCUT2D eigenvalue weighted by Crippen LogP contribution is 2.23. The van der Waals surface area contributed by atoms with Gasteiger partial charge in [0.05, 0.1) is 0 Å². The van der Waals surface area contributed by atoms with Crippen molar-refractivity contribution in [2.24, 2.45) is 0 Å². The Morgan fingerprint density at radius 2 is 2.00 bits per heavy atom. The van der Waals surface area contributed by atoms with E-state index in [1.54, 1.807) is 26.8 Å². The largest absolute Gasteiger partial charge is 0.464 e. The molecule has 1 heterocycles. The van der Waals surface area contributed by atoms with Crippen LogP contribution in [0.4, 0.5) is 4.79 Å². The summed E-state index contributed by atoms with van der Waals surface area (Å²) in [7, 11) is 3.43. The summed E-state index contributed by atoms with van der Waals surface area (Å²) in [5, 5.41) is 10.2. The lowest BCUT2D eigenvalue weighted by atomic mass is 10.4. The van der Waals surface area contributed by atoms with Crippen LogP contribution in [0.1, 0.15) is 0 Å². The molecule has 0 spiro atoms. The van der Waals surface area contributed by atoms with Crippen molar-refractivity contribution in [1.82, 2.24) is 14.7 Å². The zero-order valence-electron chi connectivity index (χ0n) is 7.39. The van der Waals surface area contributed by atoms with E-state index in [0.29, 0.717) is 0 Å². The Morgan fingerprint density at radius 3 is 2.46 bits per heavy atom. The van der Waals surface area contributed by atoms with Crippen molar-refractivity contribution in [1.29, 1.82) is 0 Å². The zero-order valence-corrected chi connectivity index (χ0v) is 9.03. The van der Waals surface area contributed by atoms with E-state index in [-0.39, 0.29) is 0 Å². The normalized spacial score (nSPS) is 20.1. The number of nitrogens with one attached hydrogen (secondary N) is 1. The van der Waals surface area contributed by atoms with Crippen molar-refractivity contribution in [2.45, 2.75) is 0 Å².